The van der Waals surface area contributed by atoms with E-state index in [9.17, 15) is 0 Å². The van der Waals surface area contributed by atoms with E-state index in [1.54, 1.807) is 22.7 Å². The standard InChI is InChI=1S/C10H11ClN2S2/c1-6-2-4-14-9(6)8(13-12)10-7(11)3-5-15-10/h2-5,8,13H,12H2,1H3. The Hall–Kier alpha value is -0.390. The van der Waals surface area contributed by atoms with Gasteiger partial charge in [-0.2, -0.15) is 0 Å². The van der Waals surface area contributed by atoms with E-state index in [4.69, 9.17) is 17.4 Å². The lowest BCUT2D eigenvalue weighted by atomic mass is 10.1. The van der Waals surface area contributed by atoms with Gasteiger partial charge in [0, 0.05) is 9.75 Å². The Balaban J connectivity index is 2.41. The van der Waals surface area contributed by atoms with Crippen LogP contribution in [-0.4, -0.2) is 0 Å². The monoisotopic (exact) mass is 258 g/mol. The summed E-state index contributed by atoms with van der Waals surface area (Å²) in [6, 6.07) is 4.00. The minimum Gasteiger partial charge on any atom is -0.271 e. The maximum Gasteiger partial charge on any atom is 0.0912 e. The number of nitrogens with two attached hydrogens (primary N) is 1. The average Bonchev–Trinajstić information content (AvgIpc) is 2.80. The fourth-order valence-electron chi connectivity index (χ4n) is 1.46. The van der Waals surface area contributed by atoms with Gasteiger partial charge in [-0.25, -0.2) is 5.43 Å². The van der Waals surface area contributed by atoms with Crippen molar-refractivity contribution in [2.24, 2.45) is 5.84 Å². The third-order valence-electron chi connectivity index (χ3n) is 2.24. The first kappa shape index (κ1) is 11.1. The summed E-state index contributed by atoms with van der Waals surface area (Å²) in [5.74, 6) is 5.60. The summed E-state index contributed by atoms with van der Waals surface area (Å²) in [5.41, 5.74) is 4.07. The Morgan fingerprint density at radius 3 is 2.40 bits per heavy atom. The fourth-order valence-corrected chi connectivity index (χ4v) is 3.77. The van der Waals surface area contributed by atoms with Crippen molar-refractivity contribution in [3.63, 3.8) is 0 Å². The van der Waals surface area contributed by atoms with Crippen molar-refractivity contribution < 1.29 is 0 Å². The van der Waals surface area contributed by atoms with Gasteiger partial charge in [-0.3, -0.25) is 5.84 Å². The minimum absolute atomic E-state index is 0.0116. The summed E-state index contributed by atoms with van der Waals surface area (Å²) in [7, 11) is 0. The van der Waals surface area contributed by atoms with Crippen LogP contribution >= 0.6 is 34.3 Å². The highest BCUT2D eigenvalue weighted by Crippen LogP contribution is 2.35. The number of hydrazine groups is 1. The number of thiophene rings is 2. The number of hydrogen-bond donors (Lipinski definition) is 2. The average molecular weight is 259 g/mol. The van der Waals surface area contributed by atoms with Crippen molar-refractivity contribution in [2.75, 3.05) is 0 Å². The molecular formula is C10H11ClN2S2. The Kier molecular flexibility index (Phi) is 3.43. The highest BCUT2D eigenvalue weighted by molar-refractivity contribution is 7.12. The summed E-state index contributed by atoms with van der Waals surface area (Å²) >= 11 is 9.42. The number of aryl methyl sites for hydroxylation is 1. The van der Waals surface area contributed by atoms with Crippen molar-refractivity contribution in [3.8, 4) is 0 Å². The van der Waals surface area contributed by atoms with Gasteiger partial charge in [0.1, 0.15) is 0 Å². The molecule has 1 atom stereocenters. The first-order valence-electron chi connectivity index (χ1n) is 4.47. The molecule has 2 aromatic rings. The molecule has 5 heteroatoms. The molecule has 2 aromatic heterocycles. The third-order valence-corrected chi connectivity index (χ3v) is 4.74. The van der Waals surface area contributed by atoms with Gasteiger partial charge in [-0.05, 0) is 35.4 Å². The lowest BCUT2D eigenvalue weighted by Gasteiger charge is -2.14. The largest absolute Gasteiger partial charge is 0.271 e. The second-order valence-electron chi connectivity index (χ2n) is 3.20. The van der Waals surface area contributed by atoms with Crippen LogP contribution in [-0.2, 0) is 0 Å². The molecule has 0 saturated carbocycles. The van der Waals surface area contributed by atoms with E-state index in [-0.39, 0.29) is 6.04 Å². The van der Waals surface area contributed by atoms with Crippen LogP contribution in [0.1, 0.15) is 21.4 Å². The Labute approximate surface area is 102 Å². The summed E-state index contributed by atoms with van der Waals surface area (Å²) in [5, 5.41) is 4.82. The van der Waals surface area contributed by atoms with Crippen LogP contribution in [0.25, 0.3) is 0 Å². The van der Waals surface area contributed by atoms with Crippen LogP contribution in [0.5, 0.6) is 0 Å². The van der Waals surface area contributed by atoms with E-state index >= 15 is 0 Å². The molecule has 0 aliphatic heterocycles. The molecule has 0 aromatic carbocycles. The van der Waals surface area contributed by atoms with Crippen molar-refractivity contribution >= 4 is 34.3 Å². The molecule has 0 radical (unpaired) electrons. The maximum atomic E-state index is 6.10. The maximum absolute atomic E-state index is 6.10. The smallest absolute Gasteiger partial charge is 0.0912 e. The van der Waals surface area contributed by atoms with Gasteiger partial charge in [0.2, 0.25) is 0 Å². The van der Waals surface area contributed by atoms with Crippen LogP contribution in [0.2, 0.25) is 5.02 Å². The SMILES string of the molecule is Cc1ccsc1C(NN)c1sccc1Cl. The van der Waals surface area contributed by atoms with E-state index in [1.807, 2.05) is 11.4 Å². The molecule has 1 unspecified atom stereocenters. The molecule has 0 spiro atoms. The summed E-state index contributed by atoms with van der Waals surface area (Å²) in [6.07, 6.45) is 0. The summed E-state index contributed by atoms with van der Waals surface area (Å²) in [4.78, 5) is 2.30. The predicted molar refractivity (Wildman–Crippen MR) is 67.6 cm³/mol. The Morgan fingerprint density at radius 2 is 1.93 bits per heavy atom. The van der Waals surface area contributed by atoms with E-state index in [2.05, 4.69) is 23.8 Å². The lowest BCUT2D eigenvalue weighted by molar-refractivity contribution is 0.654. The molecule has 0 bridgehead atoms. The molecule has 0 amide bonds. The van der Waals surface area contributed by atoms with Gasteiger partial charge >= 0.3 is 0 Å². The summed E-state index contributed by atoms with van der Waals surface area (Å²) < 4.78 is 0. The zero-order valence-corrected chi connectivity index (χ0v) is 10.5. The minimum atomic E-state index is 0.0116. The van der Waals surface area contributed by atoms with E-state index in [1.165, 1.54) is 10.4 Å². The molecule has 0 fully saturated rings. The zero-order valence-electron chi connectivity index (χ0n) is 8.16. The second-order valence-corrected chi connectivity index (χ2v) is 5.50. The third kappa shape index (κ3) is 2.09. The van der Waals surface area contributed by atoms with Gasteiger partial charge in [0.15, 0.2) is 0 Å². The normalized spacial score (nSPS) is 13.0. The van der Waals surface area contributed by atoms with Gasteiger partial charge in [-0.15, -0.1) is 22.7 Å². The zero-order chi connectivity index (χ0) is 10.8. The van der Waals surface area contributed by atoms with Gasteiger partial charge in [-0.1, -0.05) is 11.6 Å². The molecule has 3 N–H and O–H groups in total. The molecule has 80 valence electrons. The van der Waals surface area contributed by atoms with E-state index in [0.717, 1.165) is 9.90 Å². The van der Waals surface area contributed by atoms with E-state index < -0.39 is 0 Å². The van der Waals surface area contributed by atoms with Gasteiger partial charge in [0.05, 0.1) is 11.1 Å². The topological polar surface area (TPSA) is 38.0 Å². The number of nitrogens with one attached hydrogen (secondary N) is 1. The number of rotatable bonds is 3. The van der Waals surface area contributed by atoms with Crippen molar-refractivity contribution in [2.45, 2.75) is 13.0 Å². The fraction of sp³-hybridized carbons (Fsp3) is 0.200. The van der Waals surface area contributed by atoms with Gasteiger partial charge < -0.3 is 0 Å². The van der Waals surface area contributed by atoms with Crippen LogP contribution in [0.3, 0.4) is 0 Å². The van der Waals surface area contributed by atoms with Crippen LogP contribution in [0.4, 0.5) is 0 Å². The Morgan fingerprint density at radius 1 is 1.27 bits per heavy atom. The molecule has 0 saturated heterocycles. The molecule has 0 aliphatic rings. The highest BCUT2D eigenvalue weighted by atomic mass is 35.5. The van der Waals surface area contributed by atoms with E-state index in [0.29, 0.717) is 0 Å². The van der Waals surface area contributed by atoms with Crippen molar-refractivity contribution in [1.82, 2.24) is 5.43 Å². The molecule has 2 heterocycles. The van der Waals surface area contributed by atoms with Gasteiger partial charge in [0.25, 0.3) is 0 Å². The number of halogens is 1. The first-order chi connectivity index (χ1) is 7.24. The quantitative estimate of drug-likeness (QED) is 0.655. The van der Waals surface area contributed by atoms with Crippen molar-refractivity contribution in [3.05, 3.63) is 43.2 Å². The molecule has 0 aliphatic carbocycles. The highest BCUT2D eigenvalue weighted by Gasteiger charge is 2.19. The second kappa shape index (κ2) is 4.63. The molecule has 15 heavy (non-hydrogen) atoms. The van der Waals surface area contributed by atoms with Crippen molar-refractivity contribution in [1.29, 1.82) is 0 Å². The van der Waals surface area contributed by atoms with Crippen LogP contribution < -0.4 is 11.3 Å². The molecule has 2 rings (SSSR count). The number of hydrogen-bond acceptors (Lipinski definition) is 4. The Bertz CT molecular complexity index is 409. The molecular weight excluding hydrogens is 248 g/mol. The molecule has 2 nitrogen and oxygen atoms in total. The lowest BCUT2D eigenvalue weighted by Crippen LogP contribution is -2.28. The summed E-state index contributed by atoms with van der Waals surface area (Å²) in [6.45, 7) is 2.08. The van der Waals surface area contributed by atoms with Crippen LogP contribution in [0.15, 0.2) is 22.9 Å². The van der Waals surface area contributed by atoms with Crippen LogP contribution in [0, 0.1) is 6.92 Å². The predicted octanol–water partition coefficient (Wildman–Crippen LogP) is 3.32. The first-order valence-corrected chi connectivity index (χ1v) is 6.60.